The molecule has 0 aliphatic heterocycles. The molecule has 0 fully saturated rings. The van der Waals surface area contributed by atoms with Gasteiger partial charge in [-0.15, -0.1) is 0 Å². The number of carbonyl (C=O) groups is 1. The number of rotatable bonds is 3. The number of nitrogens with zero attached hydrogens (tertiary/aromatic N) is 1. The zero-order chi connectivity index (χ0) is 13.1. The summed E-state index contributed by atoms with van der Waals surface area (Å²) < 4.78 is 37.4. The van der Waals surface area contributed by atoms with Crippen molar-refractivity contribution in [3.63, 3.8) is 0 Å². The van der Waals surface area contributed by atoms with E-state index in [0.717, 1.165) is 4.90 Å². The summed E-state index contributed by atoms with van der Waals surface area (Å²) in [6.45, 7) is 0.307. The lowest BCUT2D eigenvalue weighted by Crippen LogP contribution is -2.38. The average Bonchev–Trinajstić information content (AvgIpc) is 2.23. The molecule has 0 radical (unpaired) electrons. The predicted molar refractivity (Wildman–Crippen MR) is 61.8 cm³/mol. The van der Waals surface area contributed by atoms with Gasteiger partial charge in [0.1, 0.15) is 6.54 Å². The topological polar surface area (TPSA) is 20.3 Å². The van der Waals surface area contributed by atoms with Crippen molar-refractivity contribution in [1.29, 1.82) is 0 Å². The Morgan fingerprint density at radius 1 is 1.41 bits per heavy atom. The summed E-state index contributed by atoms with van der Waals surface area (Å²) in [7, 11) is 0. The first kappa shape index (κ1) is 14.0. The van der Waals surface area contributed by atoms with E-state index in [1.165, 1.54) is 19.1 Å². The zero-order valence-corrected chi connectivity index (χ0v) is 10.7. The number of benzene rings is 1. The Bertz CT molecular complexity index is 406. The standard InChI is InChI=1S/C11H11BrF3NO/c1-2-16(7-11(13,14)15)10(17)8-4-3-5-9(12)6-8/h3-6H,2,7H2,1H3. The first-order chi connectivity index (χ1) is 7.83. The minimum absolute atomic E-state index is 0.0187. The maximum absolute atomic E-state index is 12.2. The van der Waals surface area contributed by atoms with E-state index in [0.29, 0.717) is 4.47 Å². The van der Waals surface area contributed by atoms with Crippen molar-refractivity contribution in [3.8, 4) is 0 Å². The number of halogens is 4. The van der Waals surface area contributed by atoms with Crippen molar-refractivity contribution < 1.29 is 18.0 Å². The highest BCUT2D eigenvalue weighted by molar-refractivity contribution is 9.10. The molecule has 0 N–H and O–H groups in total. The Balaban J connectivity index is 2.87. The molecule has 6 heteroatoms. The summed E-state index contributed by atoms with van der Waals surface area (Å²) in [5, 5.41) is 0. The van der Waals surface area contributed by atoms with Gasteiger partial charge in [-0.25, -0.2) is 0 Å². The van der Waals surface area contributed by atoms with Gasteiger partial charge < -0.3 is 4.90 Å². The molecule has 2 nitrogen and oxygen atoms in total. The van der Waals surface area contributed by atoms with Gasteiger partial charge >= 0.3 is 6.18 Å². The molecule has 0 aliphatic carbocycles. The van der Waals surface area contributed by atoms with Gasteiger partial charge in [0.05, 0.1) is 0 Å². The van der Waals surface area contributed by atoms with Gasteiger partial charge in [0.15, 0.2) is 0 Å². The van der Waals surface area contributed by atoms with E-state index in [1.807, 2.05) is 0 Å². The van der Waals surface area contributed by atoms with Crippen LogP contribution in [0.25, 0.3) is 0 Å². The molecule has 0 aliphatic rings. The van der Waals surface area contributed by atoms with Crippen LogP contribution in [0.4, 0.5) is 13.2 Å². The molecule has 0 unspecified atom stereocenters. The molecule has 1 amide bonds. The molecular weight excluding hydrogens is 299 g/mol. The van der Waals surface area contributed by atoms with Gasteiger partial charge in [-0.05, 0) is 25.1 Å². The lowest BCUT2D eigenvalue weighted by molar-refractivity contribution is -0.140. The normalized spacial score (nSPS) is 11.4. The van der Waals surface area contributed by atoms with Gasteiger partial charge in [-0.3, -0.25) is 4.79 Å². The molecule has 0 atom stereocenters. The lowest BCUT2D eigenvalue weighted by Gasteiger charge is -2.22. The van der Waals surface area contributed by atoms with Crippen LogP contribution in [0.1, 0.15) is 17.3 Å². The Labute approximate surface area is 106 Å². The lowest BCUT2D eigenvalue weighted by atomic mass is 10.2. The zero-order valence-electron chi connectivity index (χ0n) is 9.09. The Morgan fingerprint density at radius 3 is 2.53 bits per heavy atom. The van der Waals surface area contributed by atoms with Crippen LogP contribution in [0.3, 0.4) is 0 Å². The highest BCUT2D eigenvalue weighted by atomic mass is 79.9. The van der Waals surface area contributed by atoms with Crippen LogP contribution in [-0.4, -0.2) is 30.1 Å². The molecule has 0 heterocycles. The Kier molecular flexibility index (Phi) is 4.56. The fourth-order valence-electron chi connectivity index (χ4n) is 1.35. The van der Waals surface area contributed by atoms with E-state index in [2.05, 4.69) is 15.9 Å². The second-order valence-corrected chi connectivity index (χ2v) is 4.36. The molecule has 0 bridgehead atoms. The van der Waals surface area contributed by atoms with Crippen LogP contribution < -0.4 is 0 Å². The summed E-state index contributed by atoms with van der Waals surface area (Å²) in [5.74, 6) is -0.619. The first-order valence-electron chi connectivity index (χ1n) is 4.95. The minimum Gasteiger partial charge on any atom is -0.330 e. The Morgan fingerprint density at radius 2 is 2.06 bits per heavy atom. The van der Waals surface area contributed by atoms with Crippen LogP contribution >= 0.6 is 15.9 Å². The molecule has 1 rings (SSSR count). The van der Waals surface area contributed by atoms with Crippen LogP contribution in [-0.2, 0) is 0 Å². The van der Waals surface area contributed by atoms with Crippen molar-refractivity contribution in [2.75, 3.05) is 13.1 Å². The molecule has 0 saturated heterocycles. The van der Waals surface area contributed by atoms with E-state index < -0.39 is 18.6 Å². The van der Waals surface area contributed by atoms with Crippen molar-refractivity contribution in [3.05, 3.63) is 34.3 Å². The van der Waals surface area contributed by atoms with Crippen molar-refractivity contribution in [2.24, 2.45) is 0 Å². The van der Waals surface area contributed by atoms with E-state index >= 15 is 0 Å². The van der Waals surface area contributed by atoms with E-state index in [-0.39, 0.29) is 12.1 Å². The number of carbonyl (C=O) groups excluding carboxylic acids is 1. The third-order valence-corrected chi connectivity index (χ3v) is 2.60. The van der Waals surface area contributed by atoms with Crippen LogP contribution in [0, 0.1) is 0 Å². The van der Waals surface area contributed by atoms with Crippen molar-refractivity contribution in [2.45, 2.75) is 13.1 Å². The molecule has 94 valence electrons. The summed E-state index contributed by atoms with van der Waals surface area (Å²) >= 11 is 3.17. The first-order valence-corrected chi connectivity index (χ1v) is 5.74. The summed E-state index contributed by atoms with van der Waals surface area (Å²) in [4.78, 5) is 12.6. The van der Waals surface area contributed by atoms with Crippen LogP contribution in [0.5, 0.6) is 0 Å². The monoisotopic (exact) mass is 309 g/mol. The fraction of sp³-hybridized carbons (Fsp3) is 0.364. The smallest absolute Gasteiger partial charge is 0.330 e. The number of hydrogen-bond donors (Lipinski definition) is 0. The summed E-state index contributed by atoms with van der Waals surface area (Å²) in [6, 6.07) is 6.31. The maximum atomic E-state index is 12.2. The predicted octanol–water partition coefficient (Wildman–Crippen LogP) is 3.47. The third-order valence-electron chi connectivity index (χ3n) is 2.11. The Hall–Kier alpha value is -1.04. The van der Waals surface area contributed by atoms with Gasteiger partial charge in [-0.2, -0.15) is 13.2 Å². The van der Waals surface area contributed by atoms with E-state index in [1.54, 1.807) is 12.1 Å². The molecule has 0 aromatic heterocycles. The molecular formula is C11H11BrF3NO. The van der Waals surface area contributed by atoms with E-state index in [4.69, 9.17) is 0 Å². The molecule has 0 saturated carbocycles. The number of alkyl halides is 3. The second kappa shape index (κ2) is 5.53. The van der Waals surface area contributed by atoms with Crippen molar-refractivity contribution in [1.82, 2.24) is 4.90 Å². The SMILES string of the molecule is CCN(CC(F)(F)F)C(=O)c1cccc(Br)c1. The number of amides is 1. The molecule has 0 spiro atoms. The molecule has 1 aromatic carbocycles. The van der Waals surface area contributed by atoms with Crippen LogP contribution in [0.15, 0.2) is 28.7 Å². The highest BCUT2D eigenvalue weighted by Gasteiger charge is 2.32. The molecule has 1 aromatic rings. The third kappa shape index (κ3) is 4.38. The largest absolute Gasteiger partial charge is 0.406 e. The maximum Gasteiger partial charge on any atom is 0.406 e. The number of hydrogen-bond acceptors (Lipinski definition) is 1. The quantitative estimate of drug-likeness (QED) is 0.837. The van der Waals surface area contributed by atoms with Gasteiger partial charge in [0.25, 0.3) is 5.91 Å². The summed E-state index contributed by atoms with van der Waals surface area (Å²) in [5.41, 5.74) is 0.241. The molecule has 17 heavy (non-hydrogen) atoms. The van der Waals surface area contributed by atoms with Crippen LogP contribution in [0.2, 0.25) is 0 Å². The minimum atomic E-state index is -4.38. The fourth-order valence-corrected chi connectivity index (χ4v) is 1.75. The van der Waals surface area contributed by atoms with Gasteiger partial charge in [-0.1, -0.05) is 22.0 Å². The van der Waals surface area contributed by atoms with Gasteiger partial charge in [0, 0.05) is 16.6 Å². The summed E-state index contributed by atoms with van der Waals surface area (Å²) in [6.07, 6.45) is -4.38. The highest BCUT2D eigenvalue weighted by Crippen LogP contribution is 2.19. The average molecular weight is 310 g/mol. The van der Waals surface area contributed by atoms with Crippen molar-refractivity contribution >= 4 is 21.8 Å². The van der Waals surface area contributed by atoms with Gasteiger partial charge in [0.2, 0.25) is 0 Å². The van der Waals surface area contributed by atoms with E-state index in [9.17, 15) is 18.0 Å². The second-order valence-electron chi connectivity index (χ2n) is 3.44.